The zero-order valence-corrected chi connectivity index (χ0v) is 9.80. The lowest BCUT2D eigenvalue weighted by atomic mass is 10.1. The third-order valence-corrected chi connectivity index (χ3v) is 2.96. The number of aliphatic hydroxyl groups excluding tert-OH is 3. The van der Waals surface area contributed by atoms with Gasteiger partial charge in [0.25, 0.3) is 5.91 Å². The second-order valence-electron chi connectivity index (χ2n) is 4.09. The molecule has 0 spiro atoms. The molecule has 8 nitrogen and oxygen atoms in total. The van der Waals surface area contributed by atoms with Crippen LogP contribution in [-0.4, -0.2) is 55.7 Å². The number of aliphatic hydroxyl groups is 3. The van der Waals surface area contributed by atoms with Crippen LogP contribution in [0.1, 0.15) is 22.4 Å². The van der Waals surface area contributed by atoms with Crippen LogP contribution in [0.2, 0.25) is 0 Å². The molecule has 1 aromatic heterocycles. The van der Waals surface area contributed by atoms with E-state index in [1.807, 2.05) is 0 Å². The van der Waals surface area contributed by atoms with E-state index in [4.69, 9.17) is 22.0 Å². The Hall–Kier alpha value is -1.92. The SMILES string of the molecule is C#Cc1ncn([C@@H]2O[C@H](CO)[C@@H](O)[C@H]2O)c1C(N)=O. The largest absolute Gasteiger partial charge is 0.394 e. The number of aromatic nitrogens is 2. The van der Waals surface area contributed by atoms with Crippen LogP contribution in [0.25, 0.3) is 0 Å². The lowest BCUT2D eigenvalue weighted by Crippen LogP contribution is -2.33. The first-order valence-electron chi connectivity index (χ1n) is 5.47. The van der Waals surface area contributed by atoms with Crippen LogP contribution in [0, 0.1) is 12.3 Å². The van der Waals surface area contributed by atoms with Gasteiger partial charge >= 0.3 is 0 Å². The molecule has 0 bridgehead atoms. The minimum absolute atomic E-state index is 0.0187. The van der Waals surface area contributed by atoms with Gasteiger partial charge in [-0.15, -0.1) is 6.42 Å². The van der Waals surface area contributed by atoms with E-state index in [1.165, 1.54) is 6.33 Å². The summed E-state index contributed by atoms with van der Waals surface area (Å²) >= 11 is 0. The number of ether oxygens (including phenoxy) is 1. The number of nitrogens with zero attached hydrogens (tertiary/aromatic N) is 2. The van der Waals surface area contributed by atoms with E-state index in [-0.39, 0.29) is 11.4 Å². The first-order chi connectivity index (χ1) is 9.01. The number of hydrogen-bond donors (Lipinski definition) is 4. The number of primary amides is 1. The maximum Gasteiger partial charge on any atom is 0.268 e. The van der Waals surface area contributed by atoms with Gasteiger partial charge in [0.2, 0.25) is 0 Å². The fourth-order valence-corrected chi connectivity index (χ4v) is 2.01. The number of carbonyl (C=O) groups is 1. The zero-order chi connectivity index (χ0) is 14.2. The summed E-state index contributed by atoms with van der Waals surface area (Å²) in [6.45, 7) is -0.475. The van der Waals surface area contributed by atoms with Gasteiger partial charge in [-0.3, -0.25) is 9.36 Å². The Labute approximate surface area is 108 Å². The summed E-state index contributed by atoms with van der Waals surface area (Å²) in [5, 5.41) is 28.5. The van der Waals surface area contributed by atoms with Crippen molar-refractivity contribution < 1.29 is 24.9 Å². The number of hydrogen-bond acceptors (Lipinski definition) is 6. The number of carbonyl (C=O) groups excluding carboxylic acids is 1. The summed E-state index contributed by atoms with van der Waals surface area (Å²) in [5.41, 5.74) is 5.12. The van der Waals surface area contributed by atoms with Gasteiger partial charge in [-0.1, -0.05) is 0 Å². The predicted octanol–water partition coefficient (Wildman–Crippen LogP) is -2.43. The van der Waals surface area contributed by atoms with Crippen molar-refractivity contribution in [2.75, 3.05) is 6.61 Å². The maximum atomic E-state index is 11.4. The second-order valence-corrected chi connectivity index (χ2v) is 4.09. The topological polar surface area (TPSA) is 131 Å². The molecule has 1 fully saturated rings. The minimum Gasteiger partial charge on any atom is -0.394 e. The first-order valence-corrected chi connectivity index (χ1v) is 5.47. The molecular weight excluding hydrogens is 254 g/mol. The van der Waals surface area contributed by atoms with Gasteiger partial charge in [0.15, 0.2) is 6.23 Å². The fourth-order valence-electron chi connectivity index (χ4n) is 2.01. The molecule has 1 saturated heterocycles. The molecule has 8 heteroatoms. The van der Waals surface area contributed by atoms with Gasteiger partial charge in [0, 0.05) is 0 Å². The van der Waals surface area contributed by atoms with Crippen LogP contribution in [0.3, 0.4) is 0 Å². The van der Waals surface area contributed by atoms with Crippen LogP contribution < -0.4 is 5.73 Å². The Balaban J connectivity index is 2.41. The fraction of sp³-hybridized carbons (Fsp3) is 0.455. The van der Waals surface area contributed by atoms with E-state index in [2.05, 4.69) is 10.9 Å². The monoisotopic (exact) mass is 267 g/mol. The van der Waals surface area contributed by atoms with Crippen LogP contribution in [0.15, 0.2) is 6.33 Å². The van der Waals surface area contributed by atoms with Crippen molar-refractivity contribution in [1.82, 2.24) is 9.55 Å². The van der Waals surface area contributed by atoms with Crippen molar-refractivity contribution in [3.8, 4) is 12.3 Å². The smallest absolute Gasteiger partial charge is 0.268 e. The highest BCUT2D eigenvalue weighted by Crippen LogP contribution is 2.30. The summed E-state index contributed by atoms with van der Waals surface area (Å²) < 4.78 is 6.42. The summed E-state index contributed by atoms with van der Waals surface area (Å²) in [7, 11) is 0. The summed E-state index contributed by atoms with van der Waals surface area (Å²) in [4.78, 5) is 15.2. The molecule has 2 heterocycles. The van der Waals surface area contributed by atoms with Crippen LogP contribution in [0.4, 0.5) is 0 Å². The van der Waals surface area contributed by atoms with Crippen LogP contribution in [-0.2, 0) is 4.74 Å². The molecule has 2 rings (SSSR count). The van der Waals surface area contributed by atoms with Crippen molar-refractivity contribution in [1.29, 1.82) is 0 Å². The Bertz CT molecular complexity index is 535. The first kappa shape index (κ1) is 13.5. The highest BCUT2D eigenvalue weighted by atomic mass is 16.6. The highest BCUT2D eigenvalue weighted by molar-refractivity contribution is 5.93. The number of terminal acetylenes is 1. The summed E-state index contributed by atoms with van der Waals surface area (Å²) in [5.74, 6) is 1.36. The lowest BCUT2D eigenvalue weighted by molar-refractivity contribution is -0.0534. The average molecular weight is 267 g/mol. The number of amides is 1. The van der Waals surface area contributed by atoms with Gasteiger partial charge in [-0.05, 0) is 5.92 Å². The Kier molecular flexibility index (Phi) is 3.55. The summed E-state index contributed by atoms with van der Waals surface area (Å²) in [6, 6.07) is 0. The van der Waals surface area contributed by atoms with Gasteiger partial charge in [-0.2, -0.15) is 0 Å². The molecule has 0 unspecified atom stereocenters. The average Bonchev–Trinajstić information content (AvgIpc) is 2.92. The zero-order valence-electron chi connectivity index (χ0n) is 9.80. The van der Waals surface area contributed by atoms with Crippen LogP contribution >= 0.6 is 0 Å². The molecule has 1 aliphatic rings. The van der Waals surface area contributed by atoms with E-state index in [0.29, 0.717) is 0 Å². The molecule has 5 N–H and O–H groups in total. The number of imidazole rings is 1. The van der Waals surface area contributed by atoms with E-state index in [0.717, 1.165) is 4.57 Å². The van der Waals surface area contributed by atoms with Gasteiger partial charge in [0.05, 0.1) is 12.9 Å². The van der Waals surface area contributed by atoms with Gasteiger partial charge in [0.1, 0.15) is 29.7 Å². The molecule has 1 aliphatic heterocycles. The molecular formula is C11H13N3O5. The normalized spacial score (nSPS) is 30.2. The van der Waals surface area contributed by atoms with E-state index in [1.54, 1.807) is 0 Å². The van der Waals surface area contributed by atoms with Gasteiger partial charge in [-0.25, -0.2) is 4.98 Å². The summed E-state index contributed by atoms with van der Waals surface area (Å²) in [6.07, 6.45) is 1.70. The number of rotatable bonds is 3. The molecule has 0 aliphatic carbocycles. The molecule has 1 aromatic rings. The van der Waals surface area contributed by atoms with Gasteiger partial charge < -0.3 is 25.8 Å². The van der Waals surface area contributed by atoms with Crippen LogP contribution in [0.5, 0.6) is 0 Å². The molecule has 0 radical (unpaired) electrons. The Morgan fingerprint density at radius 2 is 2.26 bits per heavy atom. The molecule has 102 valence electrons. The number of nitrogens with two attached hydrogens (primary N) is 1. The molecule has 0 saturated carbocycles. The van der Waals surface area contributed by atoms with E-state index < -0.39 is 37.1 Å². The van der Waals surface area contributed by atoms with E-state index in [9.17, 15) is 15.0 Å². The third-order valence-electron chi connectivity index (χ3n) is 2.96. The van der Waals surface area contributed by atoms with E-state index >= 15 is 0 Å². The second kappa shape index (κ2) is 4.99. The molecule has 19 heavy (non-hydrogen) atoms. The lowest BCUT2D eigenvalue weighted by Gasteiger charge is -2.17. The molecule has 0 aromatic carbocycles. The van der Waals surface area contributed by atoms with Crippen molar-refractivity contribution in [3.63, 3.8) is 0 Å². The highest BCUT2D eigenvalue weighted by Gasteiger charge is 2.44. The molecule has 1 amide bonds. The standard InChI is InChI=1S/C11H13N3O5/c1-2-5-7(10(12)18)14(4-13-5)11-9(17)8(16)6(3-15)19-11/h1,4,6,8-9,11,15-17H,3H2,(H2,12,18)/t6-,8-,9-,11-/m1/s1. The van der Waals surface area contributed by atoms with Crippen molar-refractivity contribution >= 4 is 5.91 Å². The Morgan fingerprint density at radius 1 is 1.58 bits per heavy atom. The Morgan fingerprint density at radius 3 is 2.74 bits per heavy atom. The predicted molar refractivity (Wildman–Crippen MR) is 61.7 cm³/mol. The third kappa shape index (κ3) is 2.09. The molecule has 4 atom stereocenters. The minimum atomic E-state index is -1.34. The maximum absolute atomic E-state index is 11.4. The van der Waals surface area contributed by atoms with Crippen molar-refractivity contribution in [2.24, 2.45) is 5.73 Å². The van der Waals surface area contributed by atoms with Crippen molar-refractivity contribution in [3.05, 3.63) is 17.7 Å². The van der Waals surface area contributed by atoms with Crippen molar-refractivity contribution in [2.45, 2.75) is 24.5 Å². The quantitative estimate of drug-likeness (QED) is 0.451.